The molecule has 1 heterocycles. The molecule has 0 amide bonds. The normalized spacial score (nSPS) is 28.5. The van der Waals surface area contributed by atoms with Crippen LogP contribution in [0, 0.1) is 10.8 Å². The van der Waals surface area contributed by atoms with Crippen LogP contribution in [-0.4, -0.2) is 12.6 Å². The largest absolute Gasteiger partial charge is 0.313 e. The molecule has 1 fully saturated rings. The number of rotatable bonds is 2. The predicted molar refractivity (Wildman–Crippen MR) is 58.8 cm³/mol. The first-order valence-electron chi connectivity index (χ1n) is 5.27. The molecule has 1 aliphatic heterocycles. The van der Waals surface area contributed by atoms with Gasteiger partial charge in [0.05, 0.1) is 0 Å². The smallest absolute Gasteiger partial charge is 0.0204 e. The van der Waals surface area contributed by atoms with E-state index >= 15 is 0 Å². The van der Waals surface area contributed by atoms with Gasteiger partial charge >= 0.3 is 0 Å². The molecule has 1 unspecified atom stereocenters. The lowest BCUT2D eigenvalue weighted by Crippen LogP contribution is -2.44. The van der Waals surface area contributed by atoms with E-state index in [0.717, 1.165) is 0 Å². The maximum Gasteiger partial charge on any atom is 0.0204 e. The molecule has 1 N–H and O–H groups in total. The van der Waals surface area contributed by atoms with Crippen molar-refractivity contribution in [2.75, 3.05) is 6.54 Å². The number of allylic oxidation sites excluding steroid dienone is 1. The predicted octanol–water partition coefficient (Wildman–Crippen LogP) is 2.98. The molecule has 1 heteroatoms. The Balaban J connectivity index is 2.81. The molecular weight excluding hydrogens is 158 g/mol. The molecule has 0 aromatic carbocycles. The molecule has 0 spiro atoms. The van der Waals surface area contributed by atoms with Crippen molar-refractivity contribution in [2.24, 2.45) is 10.8 Å². The van der Waals surface area contributed by atoms with Crippen LogP contribution in [0.1, 0.15) is 41.0 Å². The molecule has 1 rings (SSSR count). The first-order chi connectivity index (χ1) is 5.90. The van der Waals surface area contributed by atoms with Crippen LogP contribution in [0.15, 0.2) is 12.2 Å². The highest BCUT2D eigenvalue weighted by Crippen LogP contribution is 2.40. The summed E-state index contributed by atoms with van der Waals surface area (Å²) < 4.78 is 0. The summed E-state index contributed by atoms with van der Waals surface area (Å²) in [5, 5.41) is 3.62. The summed E-state index contributed by atoms with van der Waals surface area (Å²) in [5.41, 5.74) is 0.706. The van der Waals surface area contributed by atoms with Crippen LogP contribution in [0.5, 0.6) is 0 Å². The molecule has 1 saturated heterocycles. The Kier molecular flexibility index (Phi) is 2.86. The third-order valence-electron chi connectivity index (χ3n) is 3.24. The fourth-order valence-corrected chi connectivity index (χ4v) is 2.76. The molecule has 0 aliphatic carbocycles. The van der Waals surface area contributed by atoms with Crippen molar-refractivity contribution in [2.45, 2.75) is 47.1 Å². The summed E-state index contributed by atoms with van der Waals surface area (Å²) in [5.74, 6) is 0. The van der Waals surface area contributed by atoms with Gasteiger partial charge in [-0.25, -0.2) is 0 Å². The minimum absolute atomic E-state index is 0.273. The van der Waals surface area contributed by atoms with Gasteiger partial charge in [0.1, 0.15) is 0 Å². The van der Waals surface area contributed by atoms with Crippen LogP contribution in [0.3, 0.4) is 0 Å². The van der Waals surface area contributed by atoms with Crippen LogP contribution in [0.25, 0.3) is 0 Å². The molecular formula is C12H23N. The third-order valence-corrected chi connectivity index (χ3v) is 3.24. The Labute approximate surface area is 82.6 Å². The second-order valence-electron chi connectivity index (χ2n) is 5.45. The van der Waals surface area contributed by atoms with E-state index in [1.165, 1.54) is 13.0 Å². The van der Waals surface area contributed by atoms with Crippen molar-refractivity contribution in [3.05, 3.63) is 12.2 Å². The van der Waals surface area contributed by atoms with Gasteiger partial charge < -0.3 is 5.32 Å². The van der Waals surface area contributed by atoms with E-state index in [4.69, 9.17) is 0 Å². The Morgan fingerprint density at radius 1 is 1.38 bits per heavy atom. The van der Waals surface area contributed by atoms with Crippen molar-refractivity contribution < 1.29 is 0 Å². The molecule has 0 aromatic heterocycles. The Hall–Kier alpha value is -0.300. The topological polar surface area (TPSA) is 12.0 Å². The lowest BCUT2D eigenvalue weighted by molar-refractivity contribution is 0.200. The molecule has 0 radical (unpaired) electrons. The molecule has 0 bridgehead atoms. The maximum atomic E-state index is 3.62. The summed E-state index contributed by atoms with van der Waals surface area (Å²) in [6, 6.07) is 0.608. The summed E-state index contributed by atoms with van der Waals surface area (Å²) in [6.45, 7) is 12.6. The van der Waals surface area contributed by atoms with Crippen molar-refractivity contribution in [3.63, 3.8) is 0 Å². The summed E-state index contributed by atoms with van der Waals surface area (Å²) in [6.07, 6.45) is 5.77. The van der Waals surface area contributed by atoms with E-state index in [0.29, 0.717) is 11.5 Å². The highest BCUT2D eigenvalue weighted by molar-refractivity contribution is 5.07. The highest BCUT2D eigenvalue weighted by atomic mass is 15.0. The van der Waals surface area contributed by atoms with E-state index in [2.05, 4.69) is 52.1 Å². The monoisotopic (exact) mass is 181 g/mol. The fraction of sp³-hybridized carbons (Fsp3) is 0.833. The first-order valence-corrected chi connectivity index (χ1v) is 5.27. The van der Waals surface area contributed by atoms with E-state index in [1.54, 1.807) is 0 Å². The summed E-state index contributed by atoms with van der Waals surface area (Å²) >= 11 is 0. The minimum Gasteiger partial charge on any atom is -0.313 e. The van der Waals surface area contributed by atoms with Crippen LogP contribution < -0.4 is 5.32 Å². The van der Waals surface area contributed by atoms with E-state index in [1.807, 2.05) is 0 Å². The van der Waals surface area contributed by atoms with Gasteiger partial charge in [0.15, 0.2) is 0 Å². The lowest BCUT2D eigenvalue weighted by atomic mass is 9.71. The van der Waals surface area contributed by atoms with Gasteiger partial charge in [-0.05, 0) is 30.7 Å². The quantitative estimate of drug-likeness (QED) is 0.646. The van der Waals surface area contributed by atoms with Gasteiger partial charge in [-0.2, -0.15) is 0 Å². The molecule has 0 saturated carbocycles. The van der Waals surface area contributed by atoms with Crippen molar-refractivity contribution in [3.8, 4) is 0 Å². The molecule has 13 heavy (non-hydrogen) atoms. The summed E-state index contributed by atoms with van der Waals surface area (Å²) in [7, 11) is 0. The summed E-state index contributed by atoms with van der Waals surface area (Å²) in [4.78, 5) is 0. The average molecular weight is 181 g/mol. The number of hydrogen-bond acceptors (Lipinski definition) is 1. The minimum atomic E-state index is 0.273. The Morgan fingerprint density at radius 3 is 2.38 bits per heavy atom. The fourth-order valence-electron chi connectivity index (χ4n) is 2.76. The standard InChI is InChI=1S/C12H23N/c1-6-7-11(2,3)10-12(4,5)8-9-13-10/h6-7,10,13H,8-9H2,1-5H3/b7-6-. The molecule has 1 aliphatic rings. The van der Waals surface area contributed by atoms with Gasteiger partial charge in [-0.15, -0.1) is 0 Å². The zero-order valence-electron chi connectivity index (χ0n) is 9.65. The second kappa shape index (κ2) is 3.45. The van der Waals surface area contributed by atoms with Gasteiger partial charge in [0.25, 0.3) is 0 Å². The van der Waals surface area contributed by atoms with Gasteiger partial charge in [-0.3, -0.25) is 0 Å². The van der Waals surface area contributed by atoms with Gasteiger partial charge in [-0.1, -0.05) is 39.8 Å². The van der Waals surface area contributed by atoms with Crippen LogP contribution in [0.4, 0.5) is 0 Å². The van der Waals surface area contributed by atoms with Gasteiger partial charge in [0.2, 0.25) is 0 Å². The van der Waals surface area contributed by atoms with Crippen molar-refractivity contribution in [1.82, 2.24) is 5.32 Å². The maximum absolute atomic E-state index is 3.62. The number of hydrogen-bond donors (Lipinski definition) is 1. The molecule has 1 atom stereocenters. The zero-order chi connectivity index (χ0) is 10.1. The highest BCUT2D eigenvalue weighted by Gasteiger charge is 2.42. The molecule has 76 valence electrons. The van der Waals surface area contributed by atoms with Crippen molar-refractivity contribution in [1.29, 1.82) is 0 Å². The Bertz CT molecular complexity index is 201. The zero-order valence-corrected chi connectivity index (χ0v) is 9.65. The van der Waals surface area contributed by atoms with Crippen LogP contribution >= 0.6 is 0 Å². The molecule has 0 aromatic rings. The third kappa shape index (κ3) is 2.14. The van der Waals surface area contributed by atoms with E-state index in [-0.39, 0.29) is 5.41 Å². The molecule has 1 nitrogen and oxygen atoms in total. The SMILES string of the molecule is C/C=C\C(C)(C)C1NCCC1(C)C. The van der Waals surface area contributed by atoms with E-state index in [9.17, 15) is 0 Å². The number of nitrogens with one attached hydrogen (secondary N) is 1. The van der Waals surface area contributed by atoms with Crippen LogP contribution in [-0.2, 0) is 0 Å². The second-order valence-corrected chi connectivity index (χ2v) is 5.45. The van der Waals surface area contributed by atoms with Crippen LogP contribution in [0.2, 0.25) is 0 Å². The Morgan fingerprint density at radius 2 is 2.00 bits per heavy atom. The first kappa shape index (κ1) is 10.8. The van der Waals surface area contributed by atoms with E-state index < -0.39 is 0 Å². The lowest BCUT2D eigenvalue weighted by Gasteiger charge is -2.38. The van der Waals surface area contributed by atoms with Crippen molar-refractivity contribution >= 4 is 0 Å². The van der Waals surface area contributed by atoms with Gasteiger partial charge in [0, 0.05) is 6.04 Å². The average Bonchev–Trinajstić information content (AvgIpc) is 2.29.